The molecule has 0 saturated carbocycles. The maximum Gasteiger partial charge on any atom is 0.105 e. The minimum atomic E-state index is 0.557. The fourth-order valence-electron chi connectivity index (χ4n) is 0.555. The molecule has 1 rings (SSSR count). The molecule has 0 N–H and O–H groups in total. The van der Waals surface area contributed by atoms with E-state index in [1.807, 2.05) is 6.92 Å². The summed E-state index contributed by atoms with van der Waals surface area (Å²) in [7, 11) is 0. The van der Waals surface area contributed by atoms with Crippen LogP contribution in [0.2, 0.25) is 0 Å². The standard InChI is InChI=1S/C6H8INS/c1-4-3-9-6(8-4)5(2)7/h3,5H,1-2H3. The molecule has 0 amide bonds. The molecule has 9 heavy (non-hydrogen) atoms. The summed E-state index contributed by atoms with van der Waals surface area (Å²) >= 11 is 4.11. The summed E-state index contributed by atoms with van der Waals surface area (Å²) in [6.07, 6.45) is 0. The van der Waals surface area contributed by atoms with Crippen molar-refractivity contribution < 1.29 is 0 Å². The van der Waals surface area contributed by atoms with Gasteiger partial charge in [0.25, 0.3) is 0 Å². The molecule has 1 aromatic rings. The van der Waals surface area contributed by atoms with Crippen molar-refractivity contribution in [3.05, 3.63) is 16.1 Å². The Morgan fingerprint density at radius 1 is 1.78 bits per heavy atom. The van der Waals surface area contributed by atoms with Crippen LogP contribution >= 0.6 is 33.9 Å². The summed E-state index contributed by atoms with van der Waals surface area (Å²) in [5.74, 6) is 0. The van der Waals surface area contributed by atoms with E-state index in [1.165, 1.54) is 5.01 Å². The van der Waals surface area contributed by atoms with Gasteiger partial charge in [-0.05, 0) is 13.8 Å². The van der Waals surface area contributed by atoms with Gasteiger partial charge in [-0.15, -0.1) is 11.3 Å². The normalized spacial score (nSPS) is 13.7. The molecular weight excluding hydrogens is 245 g/mol. The van der Waals surface area contributed by atoms with Crippen molar-refractivity contribution in [3.63, 3.8) is 0 Å². The lowest BCUT2D eigenvalue weighted by molar-refractivity contribution is 1.07. The van der Waals surface area contributed by atoms with Crippen molar-refractivity contribution in [3.8, 4) is 0 Å². The molecule has 50 valence electrons. The monoisotopic (exact) mass is 253 g/mol. The Kier molecular flexibility index (Phi) is 2.46. The highest BCUT2D eigenvalue weighted by atomic mass is 127. The van der Waals surface area contributed by atoms with Gasteiger partial charge in [-0.3, -0.25) is 0 Å². The molecule has 0 radical (unpaired) electrons. The van der Waals surface area contributed by atoms with E-state index in [0.29, 0.717) is 3.92 Å². The second kappa shape index (κ2) is 2.96. The lowest BCUT2D eigenvalue weighted by atomic mass is 10.5. The van der Waals surface area contributed by atoms with Crippen LogP contribution in [0.4, 0.5) is 0 Å². The Morgan fingerprint density at radius 2 is 2.44 bits per heavy atom. The molecule has 1 atom stereocenters. The molecule has 1 heterocycles. The average Bonchev–Trinajstić information content (AvgIpc) is 2.14. The summed E-state index contributed by atoms with van der Waals surface area (Å²) < 4.78 is 0.557. The van der Waals surface area contributed by atoms with Gasteiger partial charge < -0.3 is 0 Å². The highest BCUT2D eigenvalue weighted by Gasteiger charge is 2.02. The zero-order chi connectivity index (χ0) is 6.85. The van der Waals surface area contributed by atoms with Crippen LogP contribution in [0.3, 0.4) is 0 Å². The van der Waals surface area contributed by atoms with Gasteiger partial charge in [0.05, 0.1) is 3.92 Å². The van der Waals surface area contributed by atoms with Crippen molar-refractivity contribution in [1.82, 2.24) is 4.98 Å². The topological polar surface area (TPSA) is 12.9 Å². The third-order valence-corrected chi connectivity index (χ3v) is 3.13. The van der Waals surface area contributed by atoms with Crippen molar-refractivity contribution in [1.29, 1.82) is 0 Å². The number of halogens is 1. The Labute approximate surface area is 72.6 Å². The van der Waals surface area contributed by atoms with E-state index in [1.54, 1.807) is 11.3 Å². The molecule has 1 aromatic heterocycles. The first-order valence-electron chi connectivity index (χ1n) is 2.76. The van der Waals surface area contributed by atoms with Crippen LogP contribution in [-0.4, -0.2) is 4.98 Å². The number of aromatic nitrogens is 1. The van der Waals surface area contributed by atoms with E-state index in [0.717, 1.165) is 5.69 Å². The molecule has 0 saturated heterocycles. The Hall–Kier alpha value is 0.360. The Morgan fingerprint density at radius 3 is 2.67 bits per heavy atom. The first-order valence-corrected chi connectivity index (χ1v) is 4.89. The van der Waals surface area contributed by atoms with Crippen LogP contribution in [-0.2, 0) is 0 Å². The molecule has 3 heteroatoms. The fraction of sp³-hybridized carbons (Fsp3) is 0.500. The average molecular weight is 253 g/mol. The highest BCUT2D eigenvalue weighted by molar-refractivity contribution is 14.1. The quantitative estimate of drug-likeness (QED) is 0.554. The van der Waals surface area contributed by atoms with Crippen LogP contribution < -0.4 is 0 Å². The van der Waals surface area contributed by atoms with Gasteiger partial charge in [-0.2, -0.15) is 0 Å². The second-order valence-electron chi connectivity index (χ2n) is 1.94. The number of thiazole rings is 1. The van der Waals surface area contributed by atoms with E-state index in [9.17, 15) is 0 Å². The number of hydrogen-bond acceptors (Lipinski definition) is 2. The summed E-state index contributed by atoms with van der Waals surface area (Å²) in [6.45, 7) is 4.18. The molecule has 0 bridgehead atoms. The van der Waals surface area contributed by atoms with Crippen LogP contribution in [0.5, 0.6) is 0 Å². The predicted octanol–water partition coefficient (Wildman–Crippen LogP) is 2.95. The molecule has 0 aromatic carbocycles. The summed E-state index contributed by atoms with van der Waals surface area (Å²) in [4.78, 5) is 4.32. The Bertz CT molecular complexity index is 195. The number of hydrogen-bond donors (Lipinski definition) is 0. The van der Waals surface area contributed by atoms with Gasteiger partial charge in [-0.1, -0.05) is 22.6 Å². The van der Waals surface area contributed by atoms with Gasteiger partial charge in [-0.25, -0.2) is 4.98 Å². The summed E-state index contributed by atoms with van der Waals surface area (Å²) in [5, 5.41) is 3.32. The third-order valence-electron chi connectivity index (χ3n) is 0.977. The van der Waals surface area contributed by atoms with E-state index in [4.69, 9.17) is 0 Å². The number of alkyl halides is 1. The van der Waals surface area contributed by atoms with Crippen molar-refractivity contribution in [2.24, 2.45) is 0 Å². The molecule has 1 unspecified atom stereocenters. The van der Waals surface area contributed by atoms with E-state index in [2.05, 4.69) is 39.9 Å². The SMILES string of the molecule is Cc1csc(C(C)I)n1. The number of rotatable bonds is 1. The molecule has 0 aliphatic rings. The van der Waals surface area contributed by atoms with E-state index in [-0.39, 0.29) is 0 Å². The zero-order valence-corrected chi connectivity index (χ0v) is 8.36. The summed E-state index contributed by atoms with van der Waals surface area (Å²) in [5.41, 5.74) is 1.14. The molecule has 0 fully saturated rings. The lowest BCUT2D eigenvalue weighted by Crippen LogP contribution is -1.79. The van der Waals surface area contributed by atoms with Gasteiger partial charge in [0.1, 0.15) is 5.01 Å². The molecule has 0 spiro atoms. The van der Waals surface area contributed by atoms with Gasteiger partial charge in [0.15, 0.2) is 0 Å². The van der Waals surface area contributed by atoms with Crippen LogP contribution in [0.15, 0.2) is 5.38 Å². The zero-order valence-electron chi connectivity index (χ0n) is 5.39. The first-order chi connectivity index (χ1) is 4.20. The van der Waals surface area contributed by atoms with E-state index >= 15 is 0 Å². The number of nitrogens with zero attached hydrogens (tertiary/aromatic N) is 1. The van der Waals surface area contributed by atoms with E-state index < -0.39 is 0 Å². The van der Waals surface area contributed by atoms with Gasteiger partial charge in [0, 0.05) is 11.1 Å². The number of aryl methyl sites for hydroxylation is 1. The van der Waals surface area contributed by atoms with Gasteiger partial charge in [0.2, 0.25) is 0 Å². The second-order valence-corrected chi connectivity index (χ2v) is 4.70. The fourth-order valence-corrected chi connectivity index (χ4v) is 1.86. The highest BCUT2D eigenvalue weighted by Crippen LogP contribution is 2.24. The molecule has 0 aliphatic carbocycles. The van der Waals surface area contributed by atoms with Crippen molar-refractivity contribution in [2.75, 3.05) is 0 Å². The molecule has 0 aliphatic heterocycles. The van der Waals surface area contributed by atoms with Gasteiger partial charge >= 0.3 is 0 Å². The maximum atomic E-state index is 4.32. The van der Waals surface area contributed by atoms with Crippen LogP contribution in [0.25, 0.3) is 0 Å². The van der Waals surface area contributed by atoms with Crippen LogP contribution in [0, 0.1) is 6.92 Å². The Balaban J connectivity index is 2.85. The van der Waals surface area contributed by atoms with Crippen molar-refractivity contribution in [2.45, 2.75) is 17.8 Å². The third kappa shape index (κ3) is 1.89. The van der Waals surface area contributed by atoms with Crippen LogP contribution in [0.1, 0.15) is 21.5 Å². The largest absolute Gasteiger partial charge is 0.245 e. The summed E-state index contributed by atoms with van der Waals surface area (Å²) in [6, 6.07) is 0. The lowest BCUT2D eigenvalue weighted by Gasteiger charge is -1.92. The molecular formula is C6H8INS. The minimum absolute atomic E-state index is 0.557. The maximum absolute atomic E-state index is 4.32. The minimum Gasteiger partial charge on any atom is -0.245 e. The first kappa shape index (κ1) is 7.47. The smallest absolute Gasteiger partial charge is 0.105 e. The molecule has 1 nitrogen and oxygen atoms in total. The predicted molar refractivity (Wildman–Crippen MR) is 49.3 cm³/mol. The van der Waals surface area contributed by atoms with Crippen molar-refractivity contribution >= 4 is 33.9 Å².